The predicted molar refractivity (Wildman–Crippen MR) is 111 cm³/mol. The van der Waals surface area contributed by atoms with Crippen LogP contribution in [0.5, 0.6) is 5.75 Å². The van der Waals surface area contributed by atoms with E-state index < -0.39 is 23.7 Å². The molecule has 28 heavy (non-hydrogen) atoms. The molecular weight excluding hydrogens is 382 g/mol. The van der Waals surface area contributed by atoms with E-state index in [9.17, 15) is 14.4 Å². The van der Waals surface area contributed by atoms with Crippen molar-refractivity contribution in [3.8, 4) is 5.75 Å². The molecule has 0 saturated carbocycles. The number of methoxy groups -OCH3 is 1. The van der Waals surface area contributed by atoms with Crippen molar-refractivity contribution in [3.63, 3.8) is 0 Å². The summed E-state index contributed by atoms with van der Waals surface area (Å²) in [5, 5.41) is 2.46. The minimum absolute atomic E-state index is 0.00915. The summed E-state index contributed by atoms with van der Waals surface area (Å²) < 4.78 is 14.9. The molecule has 0 fully saturated rings. The van der Waals surface area contributed by atoms with Crippen LogP contribution in [0, 0.1) is 0 Å². The van der Waals surface area contributed by atoms with Crippen molar-refractivity contribution in [3.05, 3.63) is 30.3 Å². The predicted octanol–water partition coefficient (Wildman–Crippen LogP) is 3.46. The molecule has 0 saturated heterocycles. The van der Waals surface area contributed by atoms with Gasteiger partial charge in [0.25, 0.3) is 0 Å². The fourth-order valence-corrected chi connectivity index (χ4v) is 2.60. The monoisotopic (exact) mass is 413 g/mol. The van der Waals surface area contributed by atoms with Crippen molar-refractivity contribution < 1.29 is 28.6 Å². The quantitative estimate of drug-likeness (QED) is 0.653. The molecule has 0 aliphatic rings. The molecule has 0 bridgehead atoms. The summed E-state index contributed by atoms with van der Waals surface area (Å²) in [5.74, 6) is 0.931. The fraction of sp³-hybridized carbons (Fsp3) is 0.550. The number of alkyl carbamates (subject to hydrolysis) is 1. The van der Waals surface area contributed by atoms with Crippen LogP contribution in [0.2, 0.25) is 0 Å². The first-order chi connectivity index (χ1) is 13.1. The number of esters is 1. The van der Waals surface area contributed by atoms with Gasteiger partial charge in [0.1, 0.15) is 23.2 Å². The Balaban J connectivity index is 0.000000749. The number of hydrogen-bond acceptors (Lipinski definition) is 7. The van der Waals surface area contributed by atoms with Gasteiger partial charge in [0.2, 0.25) is 0 Å². The zero-order valence-electron chi connectivity index (χ0n) is 17.4. The zero-order valence-corrected chi connectivity index (χ0v) is 18.3. The number of nitrogens with one attached hydrogen (secondary N) is 1. The molecule has 1 aromatic carbocycles. The first kappa shape index (κ1) is 25.8. The van der Waals surface area contributed by atoms with Gasteiger partial charge >= 0.3 is 12.1 Å². The Labute approximate surface area is 171 Å². The van der Waals surface area contributed by atoms with E-state index in [0.29, 0.717) is 0 Å². The molecule has 0 radical (unpaired) electrons. The van der Waals surface area contributed by atoms with Gasteiger partial charge in [-0.3, -0.25) is 4.79 Å². The van der Waals surface area contributed by atoms with Gasteiger partial charge in [0.05, 0.1) is 19.5 Å². The van der Waals surface area contributed by atoms with E-state index in [1.807, 2.05) is 30.3 Å². The summed E-state index contributed by atoms with van der Waals surface area (Å²) in [6.45, 7) is 8.57. The number of rotatable bonds is 8. The van der Waals surface area contributed by atoms with Crippen molar-refractivity contribution in [2.45, 2.75) is 46.3 Å². The Morgan fingerprint density at radius 3 is 2.18 bits per heavy atom. The van der Waals surface area contributed by atoms with Gasteiger partial charge in [0.15, 0.2) is 0 Å². The van der Waals surface area contributed by atoms with Gasteiger partial charge < -0.3 is 19.5 Å². The van der Waals surface area contributed by atoms with E-state index in [-0.39, 0.29) is 23.9 Å². The molecule has 1 amide bonds. The molecule has 7 nitrogen and oxygen atoms in total. The standard InChI is InChI=1S/C13H23NO5S.C7H8O/c1-6-18-11(16)10(8-20-7-9(2)15)14-12(17)19-13(3,4)5;1-8-7-5-3-2-4-6-7/h10H,6-8H2,1-5H3,(H,14,17);2-6H,1H3. The maximum atomic E-state index is 11.7. The minimum atomic E-state index is -0.825. The van der Waals surface area contributed by atoms with Gasteiger partial charge in [-0.15, -0.1) is 0 Å². The first-order valence-electron chi connectivity index (χ1n) is 8.91. The number of ether oxygens (including phenoxy) is 3. The van der Waals surface area contributed by atoms with Crippen LogP contribution in [0.4, 0.5) is 4.79 Å². The summed E-state index contributed by atoms with van der Waals surface area (Å²) in [5.41, 5.74) is -0.643. The Morgan fingerprint density at radius 2 is 1.75 bits per heavy atom. The lowest BCUT2D eigenvalue weighted by atomic mass is 10.2. The lowest BCUT2D eigenvalue weighted by Crippen LogP contribution is -2.45. The van der Waals surface area contributed by atoms with Gasteiger partial charge in [-0.05, 0) is 46.8 Å². The van der Waals surface area contributed by atoms with Crippen LogP contribution in [0.25, 0.3) is 0 Å². The number of Topliss-reactive ketones (excluding diaryl/α,β-unsaturated/α-hetero) is 1. The highest BCUT2D eigenvalue weighted by Crippen LogP contribution is 2.09. The number of para-hydroxylation sites is 1. The van der Waals surface area contributed by atoms with Crippen LogP contribution >= 0.6 is 11.8 Å². The number of amides is 1. The molecule has 1 rings (SSSR count). The number of benzene rings is 1. The summed E-state index contributed by atoms with van der Waals surface area (Å²) in [4.78, 5) is 34.3. The molecule has 1 N–H and O–H groups in total. The van der Waals surface area contributed by atoms with Crippen LogP contribution in [-0.4, -0.2) is 54.7 Å². The van der Waals surface area contributed by atoms with Gasteiger partial charge in [-0.25, -0.2) is 9.59 Å². The summed E-state index contributed by atoms with van der Waals surface area (Å²) in [6.07, 6.45) is -0.682. The third-order valence-corrected chi connectivity index (χ3v) is 4.01. The molecule has 1 aromatic rings. The van der Waals surface area contributed by atoms with E-state index in [1.165, 1.54) is 18.7 Å². The molecule has 158 valence electrons. The fourth-order valence-electron chi connectivity index (χ4n) is 1.74. The van der Waals surface area contributed by atoms with Crippen molar-refractivity contribution >= 4 is 29.6 Å². The number of carbonyl (C=O) groups is 3. The molecular formula is C20H31NO6S. The zero-order chi connectivity index (χ0) is 21.6. The van der Waals surface area contributed by atoms with Gasteiger partial charge in [-0.1, -0.05) is 18.2 Å². The highest BCUT2D eigenvalue weighted by atomic mass is 32.2. The molecule has 0 aliphatic carbocycles. The maximum Gasteiger partial charge on any atom is 0.408 e. The molecule has 0 spiro atoms. The Morgan fingerprint density at radius 1 is 1.14 bits per heavy atom. The van der Waals surface area contributed by atoms with Crippen molar-refractivity contribution in [1.29, 1.82) is 0 Å². The SMILES string of the molecule is CCOC(=O)C(CSCC(C)=O)NC(=O)OC(C)(C)C.COc1ccccc1. The van der Waals surface area contributed by atoms with Crippen LogP contribution in [0.15, 0.2) is 30.3 Å². The summed E-state index contributed by atoms with van der Waals surface area (Å²) in [6, 6.07) is 8.86. The molecule has 1 unspecified atom stereocenters. The van der Waals surface area contributed by atoms with E-state index in [2.05, 4.69) is 5.32 Å². The molecule has 0 aromatic heterocycles. The Hall–Kier alpha value is -2.22. The molecule has 0 heterocycles. The summed E-state index contributed by atoms with van der Waals surface area (Å²) >= 11 is 1.26. The number of ketones is 1. The largest absolute Gasteiger partial charge is 0.497 e. The number of thioether (sulfide) groups is 1. The van der Waals surface area contributed by atoms with Gasteiger partial charge in [0, 0.05) is 5.75 Å². The first-order valence-corrected chi connectivity index (χ1v) is 10.1. The van der Waals surface area contributed by atoms with Crippen molar-refractivity contribution in [2.24, 2.45) is 0 Å². The number of carbonyl (C=O) groups excluding carboxylic acids is 3. The Kier molecular flexibility index (Phi) is 12.8. The van der Waals surface area contributed by atoms with E-state index in [4.69, 9.17) is 14.2 Å². The van der Waals surface area contributed by atoms with Crippen molar-refractivity contribution in [2.75, 3.05) is 25.2 Å². The van der Waals surface area contributed by atoms with Crippen LogP contribution in [-0.2, 0) is 19.1 Å². The molecule has 1 atom stereocenters. The lowest BCUT2D eigenvalue weighted by Gasteiger charge is -2.22. The van der Waals surface area contributed by atoms with Crippen LogP contribution < -0.4 is 10.1 Å². The maximum absolute atomic E-state index is 11.7. The smallest absolute Gasteiger partial charge is 0.408 e. The molecule has 8 heteroatoms. The molecule has 0 aliphatic heterocycles. The summed E-state index contributed by atoms with van der Waals surface area (Å²) in [7, 11) is 1.66. The average Bonchev–Trinajstić information content (AvgIpc) is 2.60. The minimum Gasteiger partial charge on any atom is -0.497 e. The average molecular weight is 414 g/mol. The topological polar surface area (TPSA) is 90.9 Å². The van der Waals surface area contributed by atoms with Gasteiger partial charge in [-0.2, -0.15) is 11.8 Å². The van der Waals surface area contributed by atoms with E-state index in [0.717, 1.165) is 5.75 Å². The van der Waals surface area contributed by atoms with E-state index >= 15 is 0 Å². The van der Waals surface area contributed by atoms with E-state index in [1.54, 1.807) is 34.8 Å². The highest BCUT2D eigenvalue weighted by Gasteiger charge is 2.25. The number of hydrogen-bond donors (Lipinski definition) is 1. The highest BCUT2D eigenvalue weighted by molar-refractivity contribution is 8.00. The van der Waals surface area contributed by atoms with Crippen LogP contribution in [0.3, 0.4) is 0 Å². The van der Waals surface area contributed by atoms with Crippen LogP contribution in [0.1, 0.15) is 34.6 Å². The third-order valence-electron chi connectivity index (χ3n) is 2.83. The second kappa shape index (κ2) is 13.9. The second-order valence-corrected chi connectivity index (χ2v) is 7.72. The van der Waals surface area contributed by atoms with Crippen molar-refractivity contribution in [1.82, 2.24) is 5.32 Å². The second-order valence-electron chi connectivity index (χ2n) is 6.69. The normalized spacial score (nSPS) is 11.4. The lowest BCUT2D eigenvalue weighted by molar-refractivity contribution is -0.145. The third kappa shape index (κ3) is 13.9. The Bertz CT molecular complexity index is 600.